The minimum Gasteiger partial charge on any atom is -0.508 e. The van der Waals surface area contributed by atoms with Crippen LogP contribution in [0.4, 0.5) is 0 Å². The predicted octanol–water partition coefficient (Wildman–Crippen LogP) is -1.47. The van der Waals surface area contributed by atoms with E-state index >= 15 is 0 Å². The Morgan fingerprint density at radius 1 is 0.709 bits per heavy atom. The Bertz CT molecular complexity index is 1230. The second-order valence-corrected chi connectivity index (χ2v) is 14.0. The summed E-state index contributed by atoms with van der Waals surface area (Å²) >= 11 is 4.01. The van der Waals surface area contributed by atoms with E-state index in [9.17, 15) is 29.1 Å². The molecule has 0 heterocycles. The zero-order chi connectivity index (χ0) is 40.7. The van der Waals surface area contributed by atoms with Crippen molar-refractivity contribution in [1.29, 1.82) is 0 Å². The van der Waals surface area contributed by atoms with Crippen LogP contribution in [0.5, 0.6) is 5.75 Å². The molecule has 1 aromatic carbocycles. The molecule has 0 aromatic heterocycles. The maximum absolute atomic E-state index is 13.1. The largest absolute Gasteiger partial charge is 0.508 e. The van der Waals surface area contributed by atoms with Crippen LogP contribution in [-0.2, 0) is 30.4 Å². The highest BCUT2D eigenvalue weighted by molar-refractivity contribution is 7.80. The molecule has 0 aliphatic carbocycles. The van der Waals surface area contributed by atoms with Gasteiger partial charge in [0.15, 0.2) is 0 Å². The first-order valence-electron chi connectivity index (χ1n) is 19.6. The van der Waals surface area contributed by atoms with E-state index in [1.807, 2.05) is 0 Å². The van der Waals surface area contributed by atoms with Crippen LogP contribution < -0.4 is 59.1 Å². The maximum atomic E-state index is 13.1. The highest BCUT2D eigenvalue weighted by atomic mass is 32.1. The van der Waals surface area contributed by atoms with E-state index in [0.29, 0.717) is 45.3 Å². The molecule has 0 aliphatic heterocycles. The van der Waals surface area contributed by atoms with Gasteiger partial charge in [-0.2, -0.15) is 12.6 Å². The number of carbonyl (C=O) groups is 5. The van der Waals surface area contributed by atoms with Gasteiger partial charge in [-0.05, 0) is 57.0 Å². The molecular weight excluding hydrogens is 727 g/mol. The summed E-state index contributed by atoms with van der Waals surface area (Å²) in [5.74, 6) is -1.69. The molecule has 17 nitrogen and oxygen atoms in total. The SMILES string of the molecule is CCNCCNCC(C)(CNCCNCC)NCCNNC(=O)CCCC(=O)NC(Cc1ccc(O)cc1)C(=O)NCCCCCC(=O)N[C@@H](CS)C(N)=O. The molecule has 0 saturated carbocycles. The number of benzene rings is 1. The molecule has 1 rings (SSSR count). The molecule has 0 radical (unpaired) electrons. The molecule has 0 saturated heterocycles. The number of phenols is 1. The number of nitrogens with two attached hydrogens (primary N) is 1. The third-order valence-electron chi connectivity index (χ3n) is 8.59. The topological polar surface area (TPSA) is 252 Å². The lowest BCUT2D eigenvalue weighted by molar-refractivity contribution is -0.129. The lowest BCUT2D eigenvalue weighted by Crippen LogP contribution is -2.58. The van der Waals surface area contributed by atoms with Gasteiger partial charge in [0.2, 0.25) is 29.5 Å². The Morgan fingerprint density at radius 2 is 1.27 bits per heavy atom. The first-order chi connectivity index (χ1) is 26.4. The number of rotatable bonds is 34. The van der Waals surface area contributed by atoms with E-state index in [0.717, 1.165) is 57.9 Å². The molecule has 0 spiro atoms. The normalized spacial score (nSPS) is 12.4. The molecule has 0 fully saturated rings. The Hall–Kier alpha value is -3.52. The van der Waals surface area contributed by atoms with Crippen molar-refractivity contribution < 1.29 is 29.1 Å². The molecule has 55 heavy (non-hydrogen) atoms. The quantitative estimate of drug-likeness (QED) is 0.0217. The van der Waals surface area contributed by atoms with Crippen molar-refractivity contribution in [3.05, 3.63) is 29.8 Å². The van der Waals surface area contributed by atoms with Gasteiger partial charge in [0.05, 0.1) is 0 Å². The van der Waals surface area contributed by atoms with Crippen LogP contribution in [-0.4, -0.2) is 130 Å². The van der Waals surface area contributed by atoms with Crippen LogP contribution in [0.3, 0.4) is 0 Å². The third kappa shape index (κ3) is 25.3. The van der Waals surface area contributed by atoms with Gasteiger partial charge >= 0.3 is 0 Å². The number of hydrogen-bond donors (Lipinski definition) is 13. The van der Waals surface area contributed by atoms with Crippen LogP contribution in [0.25, 0.3) is 0 Å². The zero-order valence-corrected chi connectivity index (χ0v) is 34.0. The highest BCUT2D eigenvalue weighted by Gasteiger charge is 2.23. The summed E-state index contributed by atoms with van der Waals surface area (Å²) in [4.78, 5) is 61.8. The number of likely N-dealkylation sites (N-methyl/N-ethyl adjacent to an activating group) is 2. The smallest absolute Gasteiger partial charge is 0.242 e. The summed E-state index contributed by atoms with van der Waals surface area (Å²) in [6, 6.07) is 4.71. The molecule has 1 aromatic rings. The number of thiol groups is 1. The van der Waals surface area contributed by atoms with Crippen molar-refractivity contribution in [1.82, 2.24) is 53.4 Å². The van der Waals surface area contributed by atoms with Gasteiger partial charge in [-0.25, -0.2) is 5.43 Å². The number of primary amides is 1. The van der Waals surface area contributed by atoms with E-state index in [2.05, 4.69) is 86.8 Å². The van der Waals surface area contributed by atoms with Gasteiger partial charge in [0.1, 0.15) is 17.8 Å². The molecule has 13 N–H and O–H groups in total. The van der Waals surface area contributed by atoms with E-state index in [4.69, 9.17) is 5.73 Å². The van der Waals surface area contributed by atoms with Crippen molar-refractivity contribution in [2.24, 2.45) is 5.73 Å². The van der Waals surface area contributed by atoms with Gasteiger partial charge in [-0.15, -0.1) is 0 Å². The lowest BCUT2D eigenvalue weighted by atomic mass is 10.0. The molecule has 5 amide bonds. The average molecular weight is 796 g/mol. The van der Waals surface area contributed by atoms with Crippen LogP contribution in [0.15, 0.2) is 24.3 Å². The van der Waals surface area contributed by atoms with Gasteiger partial charge < -0.3 is 53.4 Å². The summed E-state index contributed by atoms with van der Waals surface area (Å²) in [5, 5.41) is 35.1. The molecular formula is C37H69N11O6S. The minimum absolute atomic E-state index is 0.0557. The van der Waals surface area contributed by atoms with Crippen molar-refractivity contribution in [2.45, 2.75) is 89.8 Å². The molecule has 1 unspecified atom stereocenters. The summed E-state index contributed by atoms with van der Waals surface area (Å²) in [7, 11) is 0. The van der Waals surface area contributed by atoms with Crippen molar-refractivity contribution in [3.8, 4) is 5.75 Å². The number of carbonyl (C=O) groups excluding carboxylic acids is 5. The highest BCUT2D eigenvalue weighted by Crippen LogP contribution is 2.12. The van der Waals surface area contributed by atoms with Crippen molar-refractivity contribution in [2.75, 3.05) is 77.7 Å². The molecule has 0 bridgehead atoms. The number of hydrogen-bond acceptors (Lipinski definition) is 13. The minimum atomic E-state index is -0.866. The number of nitrogens with one attached hydrogen (secondary N) is 10. The summed E-state index contributed by atoms with van der Waals surface area (Å²) < 4.78 is 0. The van der Waals surface area contributed by atoms with E-state index in [1.54, 1.807) is 12.1 Å². The standard InChI is InChI=1S/C37H69N11O6S/c1-4-39-18-20-41-26-37(3,27-42-21-19-40-5-2)44-22-23-45-48-34(52)12-9-11-33(51)46-30(24-28-13-15-29(49)16-14-28)36(54)43-17-8-6-7-10-32(50)47-31(25-55)35(38)53/h13-16,30-31,39-42,44-45,49,55H,4-12,17-27H2,1-3H3,(H2,38,53)(H,43,54)(H,46,51)(H,47,50)(H,48,52)/t30?,31-/m0/s1. The predicted molar refractivity (Wildman–Crippen MR) is 219 cm³/mol. The van der Waals surface area contributed by atoms with Crippen molar-refractivity contribution in [3.63, 3.8) is 0 Å². The maximum Gasteiger partial charge on any atom is 0.242 e. The van der Waals surface area contributed by atoms with Gasteiger partial charge in [0, 0.05) is 95.9 Å². The molecule has 314 valence electrons. The Morgan fingerprint density at radius 3 is 1.85 bits per heavy atom. The Labute approximate surface area is 332 Å². The first-order valence-corrected chi connectivity index (χ1v) is 20.2. The van der Waals surface area contributed by atoms with Gasteiger partial charge in [-0.3, -0.25) is 29.4 Å². The average Bonchev–Trinajstić information content (AvgIpc) is 3.15. The first kappa shape index (κ1) is 49.5. The fraction of sp³-hybridized carbons (Fsp3) is 0.703. The molecule has 18 heteroatoms. The number of aromatic hydroxyl groups is 1. The zero-order valence-electron chi connectivity index (χ0n) is 33.1. The van der Waals surface area contributed by atoms with Crippen LogP contribution in [0.2, 0.25) is 0 Å². The van der Waals surface area contributed by atoms with E-state index in [1.165, 1.54) is 12.1 Å². The monoisotopic (exact) mass is 796 g/mol. The Balaban J connectivity index is 2.47. The number of phenolic OH excluding ortho intramolecular Hbond substituents is 1. The summed E-state index contributed by atoms with van der Waals surface area (Å²) in [6.45, 7) is 14.8. The molecule has 0 aliphatic rings. The van der Waals surface area contributed by atoms with Crippen LogP contribution >= 0.6 is 12.6 Å². The van der Waals surface area contributed by atoms with Crippen molar-refractivity contribution >= 4 is 42.2 Å². The second kappa shape index (κ2) is 30.7. The third-order valence-corrected chi connectivity index (χ3v) is 8.96. The second-order valence-electron chi connectivity index (χ2n) is 13.7. The van der Waals surface area contributed by atoms with Gasteiger partial charge in [-0.1, -0.05) is 32.4 Å². The van der Waals surface area contributed by atoms with Gasteiger partial charge in [0.25, 0.3) is 0 Å². The lowest BCUT2D eigenvalue weighted by Gasteiger charge is -2.32. The fourth-order valence-corrected chi connectivity index (χ4v) is 5.69. The number of hydrazine groups is 1. The van der Waals surface area contributed by atoms with Crippen LogP contribution in [0, 0.1) is 0 Å². The molecule has 2 atom stereocenters. The number of amides is 5. The fourth-order valence-electron chi connectivity index (χ4n) is 5.42. The Kier molecular flexibility index (Phi) is 27.6. The summed E-state index contributed by atoms with van der Waals surface area (Å²) in [5.41, 5.74) is 11.4. The van der Waals surface area contributed by atoms with Crippen LogP contribution in [0.1, 0.15) is 71.3 Å². The van der Waals surface area contributed by atoms with E-state index in [-0.39, 0.29) is 66.4 Å². The summed E-state index contributed by atoms with van der Waals surface area (Å²) in [6.07, 6.45) is 2.70. The number of unbranched alkanes of at least 4 members (excludes halogenated alkanes) is 2. The van der Waals surface area contributed by atoms with E-state index < -0.39 is 18.0 Å².